The summed E-state index contributed by atoms with van der Waals surface area (Å²) in [5.41, 5.74) is 0.0772. The highest BCUT2D eigenvalue weighted by Crippen LogP contribution is 2.13. The summed E-state index contributed by atoms with van der Waals surface area (Å²) in [7, 11) is 1.50. The number of aryl methyl sites for hydroxylation is 1. The summed E-state index contributed by atoms with van der Waals surface area (Å²) in [5, 5.41) is 3.94. The number of esters is 1. The number of benzene rings is 1. The Morgan fingerprint density at radius 1 is 1.21 bits per heavy atom. The van der Waals surface area contributed by atoms with E-state index in [0.29, 0.717) is 24.3 Å². The zero-order valence-electron chi connectivity index (χ0n) is 13.5. The average Bonchev–Trinajstić information content (AvgIpc) is 2.61. The normalized spacial score (nSPS) is 10.2. The number of ether oxygens (including phenoxy) is 2. The molecule has 0 saturated heterocycles. The van der Waals surface area contributed by atoms with Crippen LogP contribution in [0.3, 0.4) is 0 Å². The zero-order valence-corrected chi connectivity index (χ0v) is 13.5. The van der Waals surface area contributed by atoms with Crippen LogP contribution in [0.2, 0.25) is 0 Å². The molecule has 0 amide bonds. The predicted octanol–water partition coefficient (Wildman–Crippen LogP) is 1.70. The summed E-state index contributed by atoms with van der Waals surface area (Å²) in [6, 6.07) is 9.10. The second-order valence-corrected chi connectivity index (χ2v) is 5.01. The lowest BCUT2D eigenvalue weighted by atomic mass is 10.1. The molecule has 1 heterocycles. The molecule has 0 N–H and O–H groups in total. The van der Waals surface area contributed by atoms with E-state index < -0.39 is 12.6 Å². The number of aromatic nitrogens is 2. The van der Waals surface area contributed by atoms with E-state index in [-0.39, 0.29) is 17.0 Å². The lowest BCUT2D eigenvalue weighted by molar-refractivity contribution is 0.0466. The number of methoxy groups -OCH3 is 1. The monoisotopic (exact) mass is 330 g/mol. The van der Waals surface area contributed by atoms with E-state index in [0.717, 1.165) is 0 Å². The average molecular weight is 330 g/mol. The van der Waals surface area contributed by atoms with Crippen LogP contribution in [0.1, 0.15) is 34.2 Å². The number of carbonyl (C=O) groups excluding carboxylic acids is 2. The predicted molar refractivity (Wildman–Crippen MR) is 86.4 cm³/mol. The van der Waals surface area contributed by atoms with E-state index in [2.05, 4.69) is 5.10 Å². The van der Waals surface area contributed by atoms with Gasteiger partial charge < -0.3 is 9.47 Å². The van der Waals surface area contributed by atoms with Crippen LogP contribution in [0, 0.1) is 0 Å². The smallest absolute Gasteiger partial charge is 0.359 e. The van der Waals surface area contributed by atoms with Gasteiger partial charge >= 0.3 is 5.97 Å². The second kappa shape index (κ2) is 8.05. The summed E-state index contributed by atoms with van der Waals surface area (Å²) in [5.74, 6) is -0.569. The van der Waals surface area contributed by atoms with E-state index >= 15 is 0 Å². The van der Waals surface area contributed by atoms with Gasteiger partial charge in [-0.2, -0.15) is 5.10 Å². The Hall–Kier alpha value is -2.96. The van der Waals surface area contributed by atoms with Crippen molar-refractivity contribution in [2.45, 2.75) is 19.9 Å². The Morgan fingerprint density at radius 3 is 2.71 bits per heavy atom. The summed E-state index contributed by atoms with van der Waals surface area (Å²) >= 11 is 0. The van der Waals surface area contributed by atoms with Gasteiger partial charge in [0, 0.05) is 18.2 Å². The van der Waals surface area contributed by atoms with Gasteiger partial charge in [-0.05, 0) is 24.6 Å². The third-order valence-electron chi connectivity index (χ3n) is 3.24. The van der Waals surface area contributed by atoms with Crippen molar-refractivity contribution < 1.29 is 19.1 Å². The van der Waals surface area contributed by atoms with Crippen molar-refractivity contribution in [3.8, 4) is 5.75 Å². The SMILES string of the molecule is CCCn1nc(C(=O)OCC(=O)c2cccc(OC)c2)ccc1=O. The molecule has 7 nitrogen and oxygen atoms in total. The molecule has 0 spiro atoms. The minimum absolute atomic E-state index is 0.0125. The highest BCUT2D eigenvalue weighted by Gasteiger charge is 2.14. The molecule has 0 saturated carbocycles. The van der Waals surface area contributed by atoms with E-state index in [1.54, 1.807) is 24.3 Å². The fraction of sp³-hybridized carbons (Fsp3) is 0.294. The van der Waals surface area contributed by atoms with Crippen LogP contribution in [0.25, 0.3) is 0 Å². The summed E-state index contributed by atoms with van der Waals surface area (Å²) in [6.45, 7) is 1.88. The molecule has 0 aliphatic rings. The molecule has 126 valence electrons. The van der Waals surface area contributed by atoms with Crippen molar-refractivity contribution in [2.24, 2.45) is 0 Å². The zero-order chi connectivity index (χ0) is 17.5. The Morgan fingerprint density at radius 2 is 2.00 bits per heavy atom. The largest absolute Gasteiger partial charge is 0.497 e. The maximum absolute atomic E-state index is 12.1. The fourth-order valence-electron chi connectivity index (χ4n) is 2.01. The van der Waals surface area contributed by atoms with Gasteiger partial charge in [0.05, 0.1) is 7.11 Å². The standard InChI is InChI=1S/C17H18N2O5/c1-3-9-19-16(21)8-7-14(18-19)17(22)24-11-15(20)12-5-4-6-13(10-12)23-2/h4-8,10H,3,9,11H2,1-2H3. The van der Waals surface area contributed by atoms with Crippen molar-refractivity contribution in [3.63, 3.8) is 0 Å². The summed E-state index contributed by atoms with van der Waals surface area (Å²) in [6.07, 6.45) is 0.708. The molecule has 1 aromatic carbocycles. The lowest BCUT2D eigenvalue weighted by Gasteiger charge is -2.07. The third-order valence-corrected chi connectivity index (χ3v) is 3.24. The Bertz CT molecular complexity index is 798. The first-order valence-electron chi connectivity index (χ1n) is 7.47. The van der Waals surface area contributed by atoms with Crippen molar-refractivity contribution >= 4 is 11.8 Å². The topological polar surface area (TPSA) is 87.5 Å². The minimum atomic E-state index is -0.754. The van der Waals surface area contributed by atoms with Crippen LogP contribution >= 0.6 is 0 Å². The van der Waals surface area contributed by atoms with Crippen LogP contribution in [-0.4, -0.2) is 35.2 Å². The molecule has 1 aromatic heterocycles. The molecule has 2 aromatic rings. The minimum Gasteiger partial charge on any atom is -0.497 e. The molecular weight excluding hydrogens is 312 g/mol. The Balaban J connectivity index is 2.03. The van der Waals surface area contributed by atoms with Gasteiger partial charge in [-0.3, -0.25) is 9.59 Å². The van der Waals surface area contributed by atoms with E-state index in [9.17, 15) is 14.4 Å². The molecule has 7 heteroatoms. The van der Waals surface area contributed by atoms with Gasteiger partial charge in [0.25, 0.3) is 5.56 Å². The van der Waals surface area contributed by atoms with Crippen molar-refractivity contribution in [3.05, 3.63) is 58.0 Å². The highest BCUT2D eigenvalue weighted by molar-refractivity contribution is 5.99. The maximum atomic E-state index is 12.1. The highest BCUT2D eigenvalue weighted by atomic mass is 16.5. The second-order valence-electron chi connectivity index (χ2n) is 5.01. The van der Waals surface area contributed by atoms with Crippen LogP contribution in [0.5, 0.6) is 5.75 Å². The first-order valence-corrected chi connectivity index (χ1v) is 7.47. The number of carbonyl (C=O) groups is 2. The van der Waals surface area contributed by atoms with Crippen LogP contribution in [-0.2, 0) is 11.3 Å². The van der Waals surface area contributed by atoms with E-state index in [1.807, 2.05) is 6.92 Å². The van der Waals surface area contributed by atoms with Crippen LogP contribution in [0.15, 0.2) is 41.2 Å². The molecule has 0 fully saturated rings. The molecule has 0 radical (unpaired) electrons. The van der Waals surface area contributed by atoms with Gasteiger partial charge in [0.2, 0.25) is 0 Å². The Labute approximate surface area is 138 Å². The summed E-state index contributed by atoms with van der Waals surface area (Å²) in [4.78, 5) is 35.6. The van der Waals surface area contributed by atoms with Gasteiger partial charge in [0.15, 0.2) is 18.1 Å². The van der Waals surface area contributed by atoms with Crippen LogP contribution in [0.4, 0.5) is 0 Å². The molecule has 0 aliphatic heterocycles. The number of ketones is 1. The molecule has 0 aliphatic carbocycles. The van der Waals surface area contributed by atoms with Gasteiger partial charge in [-0.1, -0.05) is 19.1 Å². The third kappa shape index (κ3) is 4.28. The number of nitrogens with zero attached hydrogens (tertiary/aromatic N) is 2. The first-order chi connectivity index (χ1) is 11.5. The lowest BCUT2D eigenvalue weighted by Crippen LogP contribution is -2.25. The van der Waals surface area contributed by atoms with E-state index in [1.165, 1.54) is 23.9 Å². The van der Waals surface area contributed by atoms with Gasteiger partial charge in [0.1, 0.15) is 5.75 Å². The number of hydrogen-bond donors (Lipinski definition) is 0. The first kappa shape index (κ1) is 17.4. The molecule has 0 bridgehead atoms. The molecular formula is C17H18N2O5. The van der Waals surface area contributed by atoms with Crippen molar-refractivity contribution in [2.75, 3.05) is 13.7 Å². The van der Waals surface area contributed by atoms with Crippen molar-refractivity contribution in [1.82, 2.24) is 9.78 Å². The number of Topliss-reactive ketones (excluding diaryl/α,β-unsaturated/α-hetero) is 1. The van der Waals surface area contributed by atoms with E-state index in [4.69, 9.17) is 9.47 Å². The molecule has 0 unspecified atom stereocenters. The number of rotatable bonds is 7. The van der Waals surface area contributed by atoms with Crippen molar-refractivity contribution in [1.29, 1.82) is 0 Å². The fourth-order valence-corrected chi connectivity index (χ4v) is 2.01. The number of hydrogen-bond acceptors (Lipinski definition) is 6. The molecule has 0 atom stereocenters. The quantitative estimate of drug-likeness (QED) is 0.567. The van der Waals surface area contributed by atoms with Gasteiger partial charge in [-0.25, -0.2) is 9.48 Å². The molecule has 2 rings (SSSR count). The summed E-state index contributed by atoms with van der Waals surface area (Å²) < 4.78 is 11.2. The van der Waals surface area contributed by atoms with Crippen LogP contribution < -0.4 is 10.3 Å². The Kier molecular flexibility index (Phi) is 5.83. The van der Waals surface area contributed by atoms with Gasteiger partial charge in [-0.15, -0.1) is 0 Å². The molecule has 24 heavy (non-hydrogen) atoms. The maximum Gasteiger partial charge on any atom is 0.359 e.